The maximum absolute atomic E-state index is 11.8. The van der Waals surface area contributed by atoms with Gasteiger partial charge in [0.25, 0.3) is 0 Å². The van der Waals surface area contributed by atoms with Crippen LogP contribution in [0.4, 0.5) is 0 Å². The second kappa shape index (κ2) is 6.50. The molecule has 2 heterocycles. The number of ether oxygens (including phenoxy) is 2. The normalized spacial score (nSPS) is 31.2. The molecule has 0 aliphatic carbocycles. The van der Waals surface area contributed by atoms with E-state index >= 15 is 0 Å². The Morgan fingerprint density at radius 2 is 2.22 bits per heavy atom. The third-order valence-electron chi connectivity index (χ3n) is 3.87. The Morgan fingerprint density at radius 3 is 2.94 bits per heavy atom. The third-order valence-corrected chi connectivity index (χ3v) is 3.87. The van der Waals surface area contributed by atoms with E-state index in [1.165, 1.54) is 7.11 Å². The molecule has 2 fully saturated rings. The van der Waals surface area contributed by atoms with E-state index in [1.54, 1.807) is 0 Å². The van der Waals surface area contributed by atoms with Crippen LogP contribution < -0.4 is 0 Å². The standard InChI is InChI=1S/C13H24N2O3/c1-14-7-8-18-11(9-14)10-15-6-4-3-5-12(15)13(16)17-2/h11-12H,3-10H2,1-2H3. The Bertz CT molecular complexity index is 285. The Hall–Kier alpha value is -0.650. The Morgan fingerprint density at radius 1 is 1.39 bits per heavy atom. The first-order valence-corrected chi connectivity index (χ1v) is 6.82. The number of likely N-dealkylation sites (N-methyl/N-ethyl adjacent to an activating group) is 1. The summed E-state index contributed by atoms with van der Waals surface area (Å²) in [6.07, 6.45) is 3.40. The van der Waals surface area contributed by atoms with E-state index in [0.29, 0.717) is 0 Å². The van der Waals surface area contributed by atoms with Crippen molar-refractivity contribution >= 4 is 5.97 Å². The van der Waals surface area contributed by atoms with Crippen molar-refractivity contribution in [2.75, 3.05) is 46.9 Å². The molecule has 0 N–H and O–H groups in total. The lowest BCUT2D eigenvalue weighted by atomic mass is 10.0. The zero-order valence-corrected chi connectivity index (χ0v) is 11.4. The van der Waals surface area contributed by atoms with Gasteiger partial charge in [0.15, 0.2) is 0 Å². The van der Waals surface area contributed by atoms with E-state index in [1.807, 2.05) is 0 Å². The minimum atomic E-state index is -0.0983. The Labute approximate surface area is 109 Å². The lowest BCUT2D eigenvalue weighted by molar-refractivity contribution is -0.149. The number of piperidine rings is 1. The number of carbonyl (C=O) groups is 1. The summed E-state index contributed by atoms with van der Waals surface area (Å²) < 4.78 is 10.7. The molecule has 2 saturated heterocycles. The number of hydrogen-bond acceptors (Lipinski definition) is 5. The van der Waals surface area contributed by atoms with Crippen LogP contribution in [0.3, 0.4) is 0 Å². The molecule has 0 bridgehead atoms. The largest absolute Gasteiger partial charge is 0.468 e. The minimum absolute atomic E-state index is 0.0698. The highest BCUT2D eigenvalue weighted by molar-refractivity contribution is 5.75. The fourth-order valence-corrected chi connectivity index (χ4v) is 2.85. The average Bonchev–Trinajstić information content (AvgIpc) is 2.38. The summed E-state index contributed by atoms with van der Waals surface area (Å²) in [5, 5.41) is 0. The van der Waals surface area contributed by atoms with Crippen molar-refractivity contribution in [2.45, 2.75) is 31.4 Å². The van der Waals surface area contributed by atoms with Gasteiger partial charge in [-0.1, -0.05) is 6.42 Å². The Kier molecular flexibility index (Phi) is 4.97. The van der Waals surface area contributed by atoms with Crippen molar-refractivity contribution in [3.63, 3.8) is 0 Å². The summed E-state index contributed by atoms with van der Waals surface area (Å²) in [5.41, 5.74) is 0. The number of hydrogen-bond donors (Lipinski definition) is 0. The third kappa shape index (κ3) is 3.43. The molecule has 2 aliphatic rings. The number of rotatable bonds is 3. The first kappa shape index (κ1) is 13.8. The highest BCUT2D eigenvalue weighted by atomic mass is 16.5. The monoisotopic (exact) mass is 256 g/mol. The number of methoxy groups -OCH3 is 1. The van der Waals surface area contributed by atoms with E-state index < -0.39 is 0 Å². The van der Waals surface area contributed by atoms with Crippen LogP contribution in [0.1, 0.15) is 19.3 Å². The van der Waals surface area contributed by atoms with Gasteiger partial charge >= 0.3 is 5.97 Å². The van der Waals surface area contributed by atoms with Crippen LogP contribution in [0.2, 0.25) is 0 Å². The molecule has 2 atom stereocenters. The van der Waals surface area contributed by atoms with Gasteiger partial charge in [-0.05, 0) is 26.4 Å². The maximum atomic E-state index is 11.8. The molecule has 0 aromatic heterocycles. The number of morpholine rings is 1. The zero-order chi connectivity index (χ0) is 13.0. The van der Waals surface area contributed by atoms with Gasteiger partial charge in [0.05, 0.1) is 19.8 Å². The molecular weight excluding hydrogens is 232 g/mol. The van der Waals surface area contributed by atoms with Crippen LogP contribution in [0.15, 0.2) is 0 Å². The molecule has 2 aliphatic heterocycles. The number of nitrogens with zero attached hydrogens (tertiary/aromatic N) is 2. The topological polar surface area (TPSA) is 42.0 Å². The molecule has 2 unspecified atom stereocenters. The summed E-state index contributed by atoms with van der Waals surface area (Å²) in [6, 6.07) is -0.0698. The number of likely N-dealkylation sites (tertiary alicyclic amines) is 1. The molecule has 0 radical (unpaired) electrons. The van der Waals surface area contributed by atoms with Crippen molar-refractivity contribution < 1.29 is 14.3 Å². The molecule has 0 amide bonds. The van der Waals surface area contributed by atoms with Crippen LogP contribution in [0, 0.1) is 0 Å². The maximum Gasteiger partial charge on any atom is 0.323 e. The second-order valence-electron chi connectivity index (χ2n) is 5.28. The van der Waals surface area contributed by atoms with Crippen LogP contribution in [-0.4, -0.2) is 74.9 Å². The first-order valence-electron chi connectivity index (χ1n) is 6.82. The van der Waals surface area contributed by atoms with Gasteiger partial charge in [0.1, 0.15) is 6.04 Å². The van der Waals surface area contributed by atoms with E-state index in [-0.39, 0.29) is 18.1 Å². The summed E-state index contributed by atoms with van der Waals surface area (Å²) >= 11 is 0. The number of carbonyl (C=O) groups excluding carboxylic acids is 1. The van der Waals surface area contributed by atoms with Crippen molar-refractivity contribution in [3.05, 3.63) is 0 Å². The van der Waals surface area contributed by atoms with Crippen molar-refractivity contribution in [1.82, 2.24) is 9.80 Å². The summed E-state index contributed by atoms with van der Waals surface area (Å²) in [6.45, 7) is 4.55. The van der Waals surface area contributed by atoms with Gasteiger partial charge in [0.2, 0.25) is 0 Å². The van der Waals surface area contributed by atoms with Crippen molar-refractivity contribution in [3.8, 4) is 0 Å². The highest BCUT2D eigenvalue weighted by Gasteiger charge is 2.32. The van der Waals surface area contributed by atoms with E-state index in [0.717, 1.165) is 52.0 Å². The number of esters is 1. The molecule has 5 heteroatoms. The average molecular weight is 256 g/mol. The van der Waals surface area contributed by atoms with Gasteiger partial charge in [-0.2, -0.15) is 0 Å². The van der Waals surface area contributed by atoms with Crippen LogP contribution >= 0.6 is 0 Å². The predicted molar refractivity (Wildman–Crippen MR) is 68.5 cm³/mol. The zero-order valence-electron chi connectivity index (χ0n) is 11.4. The smallest absolute Gasteiger partial charge is 0.323 e. The van der Waals surface area contributed by atoms with E-state index in [9.17, 15) is 4.79 Å². The van der Waals surface area contributed by atoms with Crippen molar-refractivity contribution in [1.29, 1.82) is 0 Å². The molecular formula is C13H24N2O3. The quantitative estimate of drug-likeness (QED) is 0.681. The minimum Gasteiger partial charge on any atom is -0.468 e. The highest BCUT2D eigenvalue weighted by Crippen LogP contribution is 2.19. The lowest BCUT2D eigenvalue weighted by Crippen LogP contribution is -2.52. The van der Waals surface area contributed by atoms with Gasteiger partial charge in [-0.3, -0.25) is 9.69 Å². The molecule has 0 aromatic carbocycles. The van der Waals surface area contributed by atoms with Gasteiger partial charge in [0, 0.05) is 19.6 Å². The molecule has 18 heavy (non-hydrogen) atoms. The lowest BCUT2D eigenvalue weighted by Gasteiger charge is -2.38. The second-order valence-corrected chi connectivity index (χ2v) is 5.28. The van der Waals surface area contributed by atoms with E-state index in [4.69, 9.17) is 9.47 Å². The van der Waals surface area contributed by atoms with Crippen LogP contribution in [-0.2, 0) is 14.3 Å². The summed E-state index contributed by atoms with van der Waals surface area (Å²) in [4.78, 5) is 16.3. The van der Waals surface area contributed by atoms with E-state index in [2.05, 4.69) is 16.8 Å². The van der Waals surface area contributed by atoms with Gasteiger partial charge in [-0.15, -0.1) is 0 Å². The molecule has 5 nitrogen and oxygen atoms in total. The SMILES string of the molecule is COC(=O)C1CCCCN1CC1CN(C)CCO1. The van der Waals surface area contributed by atoms with Crippen LogP contribution in [0.5, 0.6) is 0 Å². The van der Waals surface area contributed by atoms with Crippen LogP contribution in [0.25, 0.3) is 0 Å². The molecule has 0 aromatic rings. The Balaban J connectivity index is 1.90. The molecule has 2 rings (SSSR count). The first-order chi connectivity index (χ1) is 8.70. The fourth-order valence-electron chi connectivity index (χ4n) is 2.85. The summed E-state index contributed by atoms with van der Waals surface area (Å²) in [5.74, 6) is -0.0983. The van der Waals surface area contributed by atoms with Gasteiger partial charge in [-0.25, -0.2) is 0 Å². The molecule has 0 spiro atoms. The summed E-state index contributed by atoms with van der Waals surface area (Å²) in [7, 11) is 3.59. The molecule has 104 valence electrons. The van der Waals surface area contributed by atoms with Gasteiger partial charge < -0.3 is 14.4 Å². The predicted octanol–water partition coefficient (Wildman–Crippen LogP) is 0.345. The fraction of sp³-hybridized carbons (Fsp3) is 0.923. The molecule has 0 saturated carbocycles. The van der Waals surface area contributed by atoms with Crippen molar-refractivity contribution in [2.24, 2.45) is 0 Å².